The number of carboxylic acids is 1. The van der Waals surface area contributed by atoms with Crippen LogP contribution >= 0.6 is 23.2 Å². The van der Waals surface area contributed by atoms with Crippen molar-refractivity contribution in [2.75, 3.05) is 0 Å². The summed E-state index contributed by atoms with van der Waals surface area (Å²) in [7, 11) is 0. The fourth-order valence-corrected chi connectivity index (χ4v) is 1.30. The molecule has 0 aromatic carbocycles. The van der Waals surface area contributed by atoms with E-state index in [2.05, 4.69) is 0 Å². The number of aliphatic hydroxyl groups is 1. The summed E-state index contributed by atoms with van der Waals surface area (Å²) in [5, 5.41) is 18.0. The van der Waals surface area contributed by atoms with Gasteiger partial charge in [-0.05, 0) is 33.1 Å². The van der Waals surface area contributed by atoms with Crippen molar-refractivity contribution in [1.82, 2.24) is 0 Å². The maximum absolute atomic E-state index is 10.5. The molecule has 0 fully saturated rings. The number of carboxylic acid groups (broad SMARTS) is 1. The minimum atomic E-state index is -0.989. The predicted octanol–water partition coefficient (Wildman–Crippen LogP) is 2.43. The Morgan fingerprint density at radius 2 is 2.00 bits per heavy atom. The van der Waals surface area contributed by atoms with E-state index in [4.69, 9.17) is 28.3 Å². The van der Waals surface area contributed by atoms with Gasteiger partial charge in [0.2, 0.25) is 0 Å². The fraction of sp³-hybridized carbons (Fsp3) is 0.889. The molecule has 14 heavy (non-hydrogen) atoms. The highest BCUT2D eigenvalue weighted by Gasteiger charge is 2.22. The third-order valence-corrected chi connectivity index (χ3v) is 2.46. The second kappa shape index (κ2) is 5.79. The third-order valence-electron chi connectivity index (χ3n) is 2.08. The predicted molar refractivity (Wildman–Crippen MR) is 56.8 cm³/mol. The van der Waals surface area contributed by atoms with Gasteiger partial charge in [0.15, 0.2) is 0 Å². The minimum Gasteiger partial charge on any atom is -0.481 e. The lowest BCUT2D eigenvalue weighted by atomic mass is 9.99. The molecule has 0 unspecified atom stereocenters. The number of carbonyl (C=O) groups is 1. The van der Waals surface area contributed by atoms with E-state index in [0.717, 1.165) is 0 Å². The highest BCUT2D eigenvalue weighted by atomic mass is 35.5. The summed E-state index contributed by atoms with van der Waals surface area (Å²) in [5.74, 6) is -1.73. The summed E-state index contributed by atoms with van der Waals surface area (Å²) in [6.45, 7) is 3.15. The second-order valence-corrected chi connectivity index (χ2v) is 5.52. The van der Waals surface area contributed by atoms with Crippen LogP contribution in [0.25, 0.3) is 0 Å². The molecule has 0 spiro atoms. The van der Waals surface area contributed by atoms with Crippen LogP contribution in [0.15, 0.2) is 0 Å². The Morgan fingerprint density at radius 3 is 2.36 bits per heavy atom. The molecule has 0 saturated carbocycles. The maximum Gasteiger partial charge on any atom is 0.308 e. The first-order valence-electron chi connectivity index (χ1n) is 4.53. The van der Waals surface area contributed by atoms with E-state index in [1.165, 1.54) is 6.92 Å². The Labute approximate surface area is 94.0 Å². The molecule has 0 aromatic heterocycles. The van der Waals surface area contributed by atoms with Crippen LogP contribution in [0.5, 0.6) is 0 Å². The highest BCUT2D eigenvalue weighted by molar-refractivity contribution is 6.48. The summed E-state index contributed by atoms with van der Waals surface area (Å²) in [6.07, 6.45) is 0.729. The first kappa shape index (κ1) is 14.0. The van der Waals surface area contributed by atoms with Crippen molar-refractivity contribution in [3.05, 3.63) is 0 Å². The summed E-state index contributed by atoms with van der Waals surface area (Å²) < 4.78 is -0.799. The van der Waals surface area contributed by atoms with Gasteiger partial charge in [-0.2, -0.15) is 0 Å². The van der Waals surface area contributed by atoms with Gasteiger partial charge in [-0.1, -0.05) is 0 Å². The van der Waals surface area contributed by atoms with Crippen molar-refractivity contribution < 1.29 is 15.0 Å². The zero-order chi connectivity index (χ0) is 11.4. The van der Waals surface area contributed by atoms with Crippen molar-refractivity contribution in [3.8, 4) is 0 Å². The minimum absolute atomic E-state index is 0.405. The molecule has 0 aliphatic heterocycles. The normalized spacial score (nSPS) is 16.4. The lowest BCUT2D eigenvalue weighted by Gasteiger charge is -2.17. The quantitative estimate of drug-likeness (QED) is 0.704. The summed E-state index contributed by atoms with van der Waals surface area (Å²) in [4.78, 5) is 10.5. The molecule has 3 nitrogen and oxygen atoms in total. The van der Waals surface area contributed by atoms with Crippen LogP contribution in [0.1, 0.15) is 33.1 Å². The van der Waals surface area contributed by atoms with Gasteiger partial charge < -0.3 is 10.2 Å². The molecule has 84 valence electrons. The summed E-state index contributed by atoms with van der Waals surface area (Å²) in [5.41, 5.74) is 0. The molecule has 0 rings (SSSR count). The molecule has 0 bridgehead atoms. The topological polar surface area (TPSA) is 57.5 Å². The molecular weight excluding hydrogens is 227 g/mol. The molecule has 0 radical (unpaired) electrons. The van der Waals surface area contributed by atoms with Crippen LogP contribution in [0.3, 0.4) is 0 Å². The molecule has 0 saturated heterocycles. The Morgan fingerprint density at radius 1 is 1.50 bits per heavy atom. The van der Waals surface area contributed by atoms with E-state index in [-0.39, 0.29) is 0 Å². The van der Waals surface area contributed by atoms with Gasteiger partial charge in [0.25, 0.3) is 0 Å². The number of alkyl halides is 2. The summed E-state index contributed by atoms with van der Waals surface area (Å²) in [6, 6.07) is 0. The van der Waals surface area contributed by atoms with Crippen molar-refractivity contribution in [2.45, 2.75) is 43.5 Å². The molecule has 2 atom stereocenters. The van der Waals surface area contributed by atoms with Crippen molar-refractivity contribution in [2.24, 2.45) is 5.92 Å². The maximum atomic E-state index is 10.5. The van der Waals surface area contributed by atoms with Gasteiger partial charge in [-0.15, -0.1) is 23.2 Å². The fourth-order valence-electron chi connectivity index (χ4n) is 1.04. The van der Waals surface area contributed by atoms with Crippen LogP contribution in [0.4, 0.5) is 0 Å². The lowest BCUT2D eigenvalue weighted by Crippen LogP contribution is -2.25. The Balaban J connectivity index is 3.75. The highest BCUT2D eigenvalue weighted by Crippen LogP contribution is 2.27. The van der Waals surface area contributed by atoms with Crippen molar-refractivity contribution in [1.29, 1.82) is 0 Å². The molecule has 0 aliphatic rings. The zero-order valence-electron chi connectivity index (χ0n) is 8.33. The second-order valence-electron chi connectivity index (χ2n) is 3.66. The molecule has 5 heteroatoms. The van der Waals surface area contributed by atoms with Gasteiger partial charge in [-0.25, -0.2) is 0 Å². The SMILES string of the molecule is C[C@@H](C(=O)O)[C@@H](O)CCCC(C)(Cl)Cl. The zero-order valence-corrected chi connectivity index (χ0v) is 9.85. The van der Waals surface area contributed by atoms with Crippen LogP contribution in [0, 0.1) is 5.92 Å². The number of hydrogen-bond acceptors (Lipinski definition) is 2. The van der Waals surface area contributed by atoms with Crippen molar-refractivity contribution >= 4 is 29.2 Å². The van der Waals surface area contributed by atoms with Gasteiger partial charge >= 0.3 is 5.97 Å². The number of aliphatic carboxylic acids is 1. The third kappa shape index (κ3) is 6.46. The number of aliphatic hydroxyl groups excluding tert-OH is 1. The first-order valence-corrected chi connectivity index (χ1v) is 5.28. The molecule has 0 heterocycles. The Kier molecular flexibility index (Phi) is 5.79. The smallest absolute Gasteiger partial charge is 0.308 e. The molecule has 0 aromatic rings. The van der Waals surface area contributed by atoms with E-state index in [0.29, 0.717) is 19.3 Å². The summed E-state index contributed by atoms with van der Waals surface area (Å²) >= 11 is 11.5. The molecule has 0 aliphatic carbocycles. The molecular formula is C9H16Cl2O3. The first-order chi connectivity index (χ1) is 6.24. The van der Waals surface area contributed by atoms with E-state index < -0.39 is 22.3 Å². The number of halogens is 2. The van der Waals surface area contributed by atoms with E-state index >= 15 is 0 Å². The average Bonchev–Trinajstić information content (AvgIpc) is 2.00. The Bertz CT molecular complexity index is 189. The Hall–Kier alpha value is 0.01000. The standard InChI is InChI=1S/C9H16Cl2O3/c1-6(8(13)14)7(12)4-3-5-9(2,10)11/h6-7,12H,3-5H2,1-2H3,(H,13,14)/t6-,7+/m1/s1. The number of rotatable bonds is 6. The van der Waals surface area contributed by atoms with Gasteiger partial charge in [0.05, 0.1) is 12.0 Å². The van der Waals surface area contributed by atoms with Crippen LogP contribution in [-0.4, -0.2) is 26.6 Å². The van der Waals surface area contributed by atoms with Crippen LogP contribution in [0.2, 0.25) is 0 Å². The van der Waals surface area contributed by atoms with Gasteiger partial charge in [-0.3, -0.25) is 4.79 Å². The van der Waals surface area contributed by atoms with Crippen LogP contribution in [-0.2, 0) is 4.79 Å². The van der Waals surface area contributed by atoms with Crippen LogP contribution < -0.4 is 0 Å². The average molecular weight is 243 g/mol. The van der Waals surface area contributed by atoms with E-state index in [1.807, 2.05) is 0 Å². The molecule has 0 amide bonds. The molecule has 2 N–H and O–H groups in total. The largest absolute Gasteiger partial charge is 0.481 e. The monoisotopic (exact) mass is 242 g/mol. The van der Waals surface area contributed by atoms with Gasteiger partial charge in [0, 0.05) is 0 Å². The van der Waals surface area contributed by atoms with Gasteiger partial charge in [0.1, 0.15) is 4.33 Å². The van der Waals surface area contributed by atoms with E-state index in [1.54, 1.807) is 6.92 Å². The van der Waals surface area contributed by atoms with E-state index in [9.17, 15) is 9.90 Å². The number of hydrogen-bond donors (Lipinski definition) is 2. The lowest BCUT2D eigenvalue weighted by molar-refractivity contribution is -0.144. The van der Waals surface area contributed by atoms with Crippen molar-refractivity contribution in [3.63, 3.8) is 0 Å².